The normalized spacial score (nSPS) is 15.8. The monoisotopic (exact) mass is 438 g/mol. The Kier molecular flexibility index (Phi) is 6.51. The number of benzene rings is 2. The molecule has 31 heavy (non-hydrogen) atoms. The van der Waals surface area contributed by atoms with E-state index in [1.165, 1.54) is 0 Å². The number of aromatic nitrogens is 2. The Labute approximate surface area is 184 Å². The average molecular weight is 439 g/mol. The maximum Gasteiger partial charge on any atom is 0.322 e. The molecule has 8 nitrogen and oxygen atoms in total. The van der Waals surface area contributed by atoms with Crippen LogP contribution in [0.4, 0.5) is 11.7 Å². The van der Waals surface area contributed by atoms with Crippen molar-refractivity contribution < 1.29 is 18.7 Å². The van der Waals surface area contributed by atoms with Gasteiger partial charge in [0.2, 0.25) is 17.7 Å². The van der Waals surface area contributed by atoms with E-state index in [9.17, 15) is 9.59 Å². The Morgan fingerprint density at radius 3 is 2.71 bits per heavy atom. The Hall–Kier alpha value is -3.33. The molecule has 3 aromatic rings. The van der Waals surface area contributed by atoms with Gasteiger partial charge in [-0.25, -0.2) is 0 Å². The smallest absolute Gasteiger partial charge is 0.322 e. The van der Waals surface area contributed by atoms with Gasteiger partial charge in [-0.15, -0.1) is 16.9 Å². The maximum absolute atomic E-state index is 12.4. The highest BCUT2D eigenvalue weighted by molar-refractivity contribution is 7.99. The molecule has 0 spiro atoms. The maximum atomic E-state index is 12.4. The third-order valence-corrected chi connectivity index (χ3v) is 5.90. The van der Waals surface area contributed by atoms with Gasteiger partial charge in [0.25, 0.3) is 0 Å². The topological polar surface area (TPSA) is 97.6 Å². The van der Waals surface area contributed by atoms with E-state index in [1.54, 1.807) is 23.8 Å². The molecule has 1 atom stereocenters. The summed E-state index contributed by atoms with van der Waals surface area (Å²) in [5.41, 5.74) is 0.845. The lowest BCUT2D eigenvalue weighted by Crippen LogP contribution is -2.24. The summed E-state index contributed by atoms with van der Waals surface area (Å²) in [4.78, 5) is 27.3. The summed E-state index contributed by atoms with van der Waals surface area (Å²) in [6, 6.07) is 17.2. The lowest BCUT2D eigenvalue weighted by atomic mass is 10.1. The van der Waals surface area contributed by atoms with Gasteiger partial charge in [0.15, 0.2) is 0 Å². The van der Waals surface area contributed by atoms with E-state index in [-0.39, 0.29) is 23.7 Å². The van der Waals surface area contributed by atoms with Gasteiger partial charge in [-0.2, -0.15) is 0 Å². The molecular weight excluding hydrogens is 416 g/mol. The number of methoxy groups -OCH3 is 1. The molecular formula is C22H22N4O4S. The molecule has 2 heterocycles. The Bertz CT molecular complexity index is 1040. The zero-order valence-electron chi connectivity index (χ0n) is 17.0. The van der Waals surface area contributed by atoms with E-state index in [2.05, 4.69) is 15.5 Å². The fraction of sp³-hybridized carbons (Fsp3) is 0.273. The number of hydrogen-bond donors (Lipinski definition) is 1. The number of hydrogen-bond acceptors (Lipinski definition) is 7. The number of rotatable bonds is 8. The van der Waals surface area contributed by atoms with Gasteiger partial charge >= 0.3 is 6.01 Å². The molecule has 0 saturated carbocycles. The molecule has 1 aliphatic rings. The number of amides is 2. The van der Waals surface area contributed by atoms with Gasteiger partial charge in [-0.3, -0.25) is 14.9 Å². The minimum atomic E-state index is -0.204. The predicted octanol–water partition coefficient (Wildman–Crippen LogP) is 3.72. The second-order valence-corrected chi connectivity index (χ2v) is 8.18. The number of para-hydroxylation sites is 1. The third kappa shape index (κ3) is 5.24. The van der Waals surface area contributed by atoms with Crippen molar-refractivity contribution in [3.8, 4) is 5.75 Å². The third-order valence-electron chi connectivity index (χ3n) is 4.89. The van der Waals surface area contributed by atoms with E-state index in [0.717, 1.165) is 16.3 Å². The highest BCUT2D eigenvalue weighted by Gasteiger charge is 2.35. The van der Waals surface area contributed by atoms with Gasteiger partial charge in [0.05, 0.1) is 13.0 Å². The Balaban J connectivity index is 1.27. The summed E-state index contributed by atoms with van der Waals surface area (Å²) in [5, 5.41) is 10.6. The summed E-state index contributed by atoms with van der Waals surface area (Å²) in [7, 11) is 1.62. The van der Waals surface area contributed by atoms with Crippen LogP contribution in [0.3, 0.4) is 0 Å². The van der Waals surface area contributed by atoms with Crippen LogP contribution in [-0.4, -0.2) is 41.4 Å². The van der Waals surface area contributed by atoms with E-state index in [1.807, 2.05) is 54.6 Å². The predicted molar refractivity (Wildman–Crippen MR) is 117 cm³/mol. The molecule has 160 valence electrons. The zero-order chi connectivity index (χ0) is 21.6. The lowest BCUT2D eigenvalue weighted by Gasteiger charge is -2.15. The number of carbonyl (C=O) groups excluding carboxylic acids is 2. The molecule has 2 amide bonds. The van der Waals surface area contributed by atoms with Crippen molar-refractivity contribution >= 4 is 35.3 Å². The number of nitrogens with one attached hydrogen (secondary N) is 1. The largest absolute Gasteiger partial charge is 0.497 e. The molecule has 2 aromatic carbocycles. The van der Waals surface area contributed by atoms with E-state index >= 15 is 0 Å². The van der Waals surface area contributed by atoms with Crippen LogP contribution in [0.1, 0.15) is 24.7 Å². The van der Waals surface area contributed by atoms with Gasteiger partial charge in [-0.1, -0.05) is 23.3 Å². The minimum Gasteiger partial charge on any atom is -0.497 e. The standard InChI is InChI=1S/C22H22N4O4S/c1-29-17-7-9-18(10-8-17)31-12-11-19(27)23-22-25-24-21(30-22)15-13-20(28)26(14-15)16-5-3-2-4-6-16/h2-10,15H,11-14H2,1H3,(H,23,25,27). The summed E-state index contributed by atoms with van der Waals surface area (Å²) < 4.78 is 10.7. The van der Waals surface area contributed by atoms with Crippen LogP contribution in [-0.2, 0) is 9.59 Å². The Morgan fingerprint density at radius 2 is 1.97 bits per heavy atom. The van der Waals surface area contributed by atoms with Crippen LogP contribution in [0.15, 0.2) is 63.9 Å². The average Bonchev–Trinajstić information content (AvgIpc) is 3.41. The SMILES string of the molecule is COc1ccc(SCCC(=O)Nc2nnc(C3CC(=O)N(c4ccccc4)C3)o2)cc1. The molecule has 1 aliphatic heterocycles. The lowest BCUT2D eigenvalue weighted by molar-refractivity contribution is -0.117. The summed E-state index contributed by atoms with van der Waals surface area (Å²) >= 11 is 1.58. The van der Waals surface area contributed by atoms with Crippen LogP contribution in [0, 0.1) is 0 Å². The molecule has 0 radical (unpaired) electrons. The summed E-state index contributed by atoms with van der Waals surface area (Å²) in [6.07, 6.45) is 0.598. The molecule has 9 heteroatoms. The molecule has 1 saturated heterocycles. The fourth-order valence-corrected chi connectivity index (χ4v) is 4.15. The van der Waals surface area contributed by atoms with Crippen molar-refractivity contribution in [3.05, 3.63) is 60.5 Å². The van der Waals surface area contributed by atoms with E-state index in [4.69, 9.17) is 9.15 Å². The molecule has 1 unspecified atom stereocenters. The highest BCUT2D eigenvalue weighted by atomic mass is 32.2. The summed E-state index contributed by atoms with van der Waals surface area (Å²) in [5.74, 6) is 1.37. The minimum absolute atomic E-state index is 0.00976. The first kappa shape index (κ1) is 20.9. The van der Waals surface area contributed by atoms with Gasteiger partial charge in [0, 0.05) is 35.7 Å². The van der Waals surface area contributed by atoms with Gasteiger partial charge < -0.3 is 14.1 Å². The number of anilines is 2. The van der Waals surface area contributed by atoms with Crippen LogP contribution in [0.5, 0.6) is 5.75 Å². The second-order valence-electron chi connectivity index (χ2n) is 7.01. The Morgan fingerprint density at radius 1 is 1.19 bits per heavy atom. The molecule has 0 aliphatic carbocycles. The first-order chi connectivity index (χ1) is 15.1. The number of thioether (sulfide) groups is 1. The second kappa shape index (κ2) is 9.65. The van der Waals surface area contributed by atoms with Crippen LogP contribution in [0.2, 0.25) is 0 Å². The van der Waals surface area contributed by atoms with Crippen LogP contribution >= 0.6 is 11.8 Å². The molecule has 1 N–H and O–H groups in total. The number of carbonyl (C=O) groups is 2. The zero-order valence-corrected chi connectivity index (χ0v) is 17.8. The van der Waals surface area contributed by atoms with Crippen molar-refractivity contribution in [2.75, 3.05) is 29.6 Å². The van der Waals surface area contributed by atoms with Gasteiger partial charge in [-0.05, 0) is 36.4 Å². The van der Waals surface area contributed by atoms with Crippen molar-refractivity contribution in [1.29, 1.82) is 0 Å². The van der Waals surface area contributed by atoms with Crippen LogP contribution in [0.25, 0.3) is 0 Å². The molecule has 1 aromatic heterocycles. The van der Waals surface area contributed by atoms with Crippen LogP contribution < -0.4 is 15.0 Å². The summed E-state index contributed by atoms with van der Waals surface area (Å²) in [6.45, 7) is 0.469. The van der Waals surface area contributed by atoms with Crippen molar-refractivity contribution in [2.45, 2.75) is 23.7 Å². The quantitative estimate of drug-likeness (QED) is 0.535. The first-order valence-corrected chi connectivity index (χ1v) is 10.9. The van der Waals surface area contributed by atoms with Crippen molar-refractivity contribution in [1.82, 2.24) is 10.2 Å². The van der Waals surface area contributed by atoms with Crippen molar-refractivity contribution in [3.63, 3.8) is 0 Å². The van der Waals surface area contributed by atoms with Gasteiger partial charge in [0.1, 0.15) is 5.75 Å². The fourth-order valence-electron chi connectivity index (χ4n) is 3.30. The first-order valence-electron chi connectivity index (χ1n) is 9.88. The molecule has 4 rings (SSSR count). The molecule has 1 fully saturated rings. The number of nitrogens with zero attached hydrogens (tertiary/aromatic N) is 3. The highest BCUT2D eigenvalue weighted by Crippen LogP contribution is 2.31. The van der Waals surface area contributed by atoms with Crippen molar-refractivity contribution in [2.24, 2.45) is 0 Å². The van der Waals surface area contributed by atoms with E-state index < -0.39 is 0 Å². The number of ether oxygens (including phenoxy) is 1. The van der Waals surface area contributed by atoms with E-state index in [0.29, 0.717) is 31.0 Å². The molecule has 0 bridgehead atoms.